The number of aromatic nitrogens is 3. The van der Waals surface area contributed by atoms with Crippen molar-refractivity contribution in [3.05, 3.63) is 46.9 Å². The van der Waals surface area contributed by atoms with Gasteiger partial charge in [0.2, 0.25) is 11.7 Å². The van der Waals surface area contributed by atoms with E-state index in [2.05, 4.69) is 11.5 Å². The standard InChI is InChI=1S/C26H31F2N5O2/c1-2-3-4-13-32-21(19-7-9-20(10-8-19)31-14-5-6-23(31)34)18-33-24(35)17-22(29-25(32)33)30-15-11-26(27,28)12-16-30/h7-10,17-18H,2-6,11-16H2,1H3. The van der Waals surface area contributed by atoms with Crippen molar-refractivity contribution in [2.45, 2.75) is 64.3 Å². The number of imidazole rings is 1. The van der Waals surface area contributed by atoms with E-state index in [-0.39, 0.29) is 37.4 Å². The largest absolute Gasteiger partial charge is 0.356 e. The molecule has 0 radical (unpaired) electrons. The molecule has 0 atom stereocenters. The van der Waals surface area contributed by atoms with Crippen LogP contribution in [0.25, 0.3) is 17.0 Å². The fourth-order valence-corrected chi connectivity index (χ4v) is 5.01. The molecule has 0 saturated carbocycles. The summed E-state index contributed by atoms with van der Waals surface area (Å²) in [7, 11) is 0. The van der Waals surface area contributed by atoms with Crippen molar-refractivity contribution >= 4 is 23.2 Å². The second-order valence-electron chi connectivity index (χ2n) is 9.53. The smallest absolute Gasteiger partial charge is 0.261 e. The Morgan fingerprint density at radius 3 is 2.43 bits per heavy atom. The van der Waals surface area contributed by atoms with Crippen LogP contribution < -0.4 is 15.4 Å². The van der Waals surface area contributed by atoms with Gasteiger partial charge in [-0.05, 0) is 30.5 Å². The summed E-state index contributed by atoms with van der Waals surface area (Å²) in [6.07, 6.45) is 5.84. The highest BCUT2D eigenvalue weighted by molar-refractivity contribution is 5.95. The molecule has 3 aromatic rings. The number of piperidine rings is 1. The molecular weight excluding hydrogens is 452 g/mol. The molecule has 0 bridgehead atoms. The van der Waals surface area contributed by atoms with Crippen LogP contribution in [0.2, 0.25) is 0 Å². The van der Waals surface area contributed by atoms with E-state index in [1.165, 1.54) is 6.07 Å². The Bertz CT molecular complexity index is 1270. The molecule has 2 aliphatic rings. The van der Waals surface area contributed by atoms with Gasteiger partial charge in [-0.3, -0.25) is 14.0 Å². The zero-order valence-corrected chi connectivity index (χ0v) is 20.1. The van der Waals surface area contributed by atoms with E-state index < -0.39 is 5.92 Å². The zero-order valence-electron chi connectivity index (χ0n) is 20.1. The number of fused-ring (bicyclic) bond motifs is 1. The minimum absolute atomic E-state index is 0.144. The van der Waals surface area contributed by atoms with E-state index in [1.807, 2.05) is 24.3 Å². The van der Waals surface area contributed by atoms with Crippen LogP contribution in [0, 0.1) is 0 Å². The van der Waals surface area contributed by atoms with Crippen LogP contribution in [-0.4, -0.2) is 45.4 Å². The maximum absolute atomic E-state index is 13.7. The third-order valence-electron chi connectivity index (χ3n) is 7.06. The van der Waals surface area contributed by atoms with E-state index in [0.29, 0.717) is 24.6 Å². The number of benzene rings is 1. The maximum atomic E-state index is 13.7. The van der Waals surface area contributed by atoms with Crippen LogP contribution in [-0.2, 0) is 11.3 Å². The highest BCUT2D eigenvalue weighted by atomic mass is 19.3. The summed E-state index contributed by atoms with van der Waals surface area (Å²) in [6.45, 7) is 3.92. The molecule has 0 spiro atoms. The third-order valence-corrected chi connectivity index (χ3v) is 7.06. The molecule has 2 fully saturated rings. The van der Waals surface area contributed by atoms with Gasteiger partial charge in [0.05, 0.1) is 5.69 Å². The van der Waals surface area contributed by atoms with Gasteiger partial charge in [0.15, 0.2) is 0 Å². The lowest BCUT2D eigenvalue weighted by molar-refractivity contribution is -0.117. The molecule has 1 aromatic carbocycles. The summed E-state index contributed by atoms with van der Waals surface area (Å²) in [4.78, 5) is 33.5. The molecule has 1 amide bonds. The number of anilines is 2. The van der Waals surface area contributed by atoms with E-state index >= 15 is 0 Å². The summed E-state index contributed by atoms with van der Waals surface area (Å²) in [5.74, 6) is -1.54. The lowest BCUT2D eigenvalue weighted by Gasteiger charge is -2.32. The van der Waals surface area contributed by atoms with Gasteiger partial charge in [-0.15, -0.1) is 0 Å². The Balaban J connectivity index is 1.53. The Labute approximate surface area is 203 Å². The van der Waals surface area contributed by atoms with Crippen LogP contribution in [0.1, 0.15) is 51.9 Å². The van der Waals surface area contributed by atoms with E-state index in [9.17, 15) is 18.4 Å². The minimum Gasteiger partial charge on any atom is -0.356 e. The average Bonchev–Trinajstić information content (AvgIpc) is 3.43. The third kappa shape index (κ3) is 4.68. The number of hydrogen-bond donors (Lipinski definition) is 0. The maximum Gasteiger partial charge on any atom is 0.261 e. The van der Waals surface area contributed by atoms with Crippen molar-refractivity contribution in [1.29, 1.82) is 0 Å². The monoisotopic (exact) mass is 483 g/mol. The number of rotatable bonds is 7. The topological polar surface area (TPSA) is 62.9 Å². The quantitative estimate of drug-likeness (QED) is 0.457. The number of halogens is 2. The first-order chi connectivity index (χ1) is 16.9. The first kappa shape index (κ1) is 23.5. The van der Waals surface area contributed by atoms with Crippen molar-refractivity contribution in [1.82, 2.24) is 14.0 Å². The van der Waals surface area contributed by atoms with Gasteiger partial charge in [0.25, 0.3) is 11.5 Å². The molecule has 2 saturated heterocycles. The molecule has 4 heterocycles. The molecule has 9 heteroatoms. The number of nitrogens with zero attached hydrogens (tertiary/aromatic N) is 5. The molecule has 7 nitrogen and oxygen atoms in total. The zero-order chi connectivity index (χ0) is 24.6. The summed E-state index contributed by atoms with van der Waals surface area (Å²) >= 11 is 0. The number of carbonyl (C=O) groups is 1. The SMILES string of the molecule is CCCCCn1c(-c2ccc(N3CCCC3=O)cc2)cn2c(=O)cc(N3CCC(F)(F)CC3)nc12. The predicted molar refractivity (Wildman–Crippen MR) is 132 cm³/mol. The van der Waals surface area contributed by atoms with Gasteiger partial charge in [-0.25, -0.2) is 8.78 Å². The lowest BCUT2D eigenvalue weighted by atomic mass is 10.1. The predicted octanol–water partition coefficient (Wildman–Crippen LogP) is 4.72. The molecule has 0 N–H and O–H groups in total. The number of hydrogen-bond acceptors (Lipinski definition) is 4. The first-order valence-corrected chi connectivity index (χ1v) is 12.5. The number of amides is 1. The molecule has 35 heavy (non-hydrogen) atoms. The summed E-state index contributed by atoms with van der Waals surface area (Å²) in [5, 5.41) is 0. The highest BCUT2D eigenvalue weighted by Crippen LogP contribution is 2.31. The fourth-order valence-electron chi connectivity index (χ4n) is 5.01. The van der Waals surface area contributed by atoms with Crippen molar-refractivity contribution in [3.63, 3.8) is 0 Å². The Morgan fingerprint density at radius 2 is 1.77 bits per heavy atom. The molecule has 0 aliphatic carbocycles. The number of carbonyl (C=O) groups excluding carboxylic acids is 1. The van der Waals surface area contributed by atoms with Gasteiger partial charge in [-0.1, -0.05) is 31.9 Å². The number of aryl methyl sites for hydroxylation is 1. The second-order valence-corrected chi connectivity index (χ2v) is 9.53. The van der Waals surface area contributed by atoms with Crippen LogP contribution in [0.5, 0.6) is 0 Å². The van der Waals surface area contributed by atoms with Gasteiger partial charge < -0.3 is 14.4 Å². The van der Waals surface area contributed by atoms with Gasteiger partial charge in [-0.2, -0.15) is 4.98 Å². The van der Waals surface area contributed by atoms with Crippen LogP contribution in [0.3, 0.4) is 0 Å². The Morgan fingerprint density at radius 1 is 1.03 bits per heavy atom. The summed E-state index contributed by atoms with van der Waals surface area (Å²) in [6, 6.07) is 9.29. The molecule has 2 aromatic heterocycles. The van der Waals surface area contributed by atoms with Crippen molar-refractivity contribution in [2.75, 3.05) is 29.4 Å². The molecule has 186 valence electrons. The summed E-state index contributed by atoms with van der Waals surface area (Å²) < 4.78 is 30.9. The van der Waals surface area contributed by atoms with Gasteiger partial charge >= 0.3 is 0 Å². The lowest BCUT2D eigenvalue weighted by Crippen LogP contribution is -2.40. The van der Waals surface area contributed by atoms with Crippen LogP contribution in [0.4, 0.5) is 20.3 Å². The molecular formula is C26H31F2N5O2. The van der Waals surface area contributed by atoms with Gasteiger partial charge in [0.1, 0.15) is 5.82 Å². The molecule has 0 unspecified atom stereocenters. The molecule has 2 aliphatic heterocycles. The van der Waals surface area contributed by atoms with Crippen molar-refractivity contribution in [2.24, 2.45) is 0 Å². The minimum atomic E-state index is -2.66. The van der Waals surface area contributed by atoms with Gasteiger partial charge in [0, 0.05) is 63.4 Å². The Kier molecular flexibility index (Phi) is 6.34. The second kappa shape index (κ2) is 9.43. The van der Waals surface area contributed by atoms with E-state index in [1.54, 1.807) is 20.4 Å². The Hall–Kier alpha value is -3.23. The van der Waals surface area contributed by atoms with E-state index in [0.717, 1.165) is 49.2 Å². The normalized spacial score (nSPS) is 18.1. The number of unbranched alkanes of at least 4 members (excludes halogenated alkanes) is 2. The van der Waals surface area contributed by atoms with Crippen molar-refractivity contribution < 1.29 is 13.6 Å². The fraction of sp³-hybridized carbons (Fsp3) is 0.500. The van der Waals surface area contributed by atoms with Crippen molar-refractivity contribution in [3.8, 4) is 11.3 Å². The summed E-state index contributed by atoms with van der Waals surface area (Å²) in [5.41, 5.74) is 2.45. The molecule has 5 rings (SSSR count). The van der Waals surface area contributed by atoms with Crippen LogP contribution in [0.15, 0.2) is 41.3 Å². The number of alkyl halides is 2. The van der Waals surface area contributed by atoms with E-state index in [4.69, 9.17) is 4.98 Å². The van der Waals surface area contributed by atoms with Crippen LogP contribution >= 0.6 is 0 Å². The highest BCUT2D eigenvalue weighted by Gasteiger charge is 2.34. The average molecular weight is 484 g/mol. The first-order valence-electron chi connectivity index (χ1n) is 12.5.